The molecule has 1 unspecified atom stereocenters. The number of nitrogens with one attached hydrogen (secondary N) is 1. The predicted octanol–water partition coefficient (Wildman–Crippen LogP) is 4.72. The van der Waals surface area contributed by atoms with E-state index in [9.17, 15) is 0 Å². The Morgan fingerprint density at radius 3 is 2.70 bits per heavy atom. The molecule has 1 aromatic heterocycles. The molecular formula is C18H18N2. The first-order valence-electron chi connectivity index (χ1n) is 6.91. The first-order valence-corrected chi connectivity index (χ1v) is 6.91. The van der Waals surface area contributed by atoms with Gasteiger partial charge in [0.15, 0.2) is 0 Å². The highest BCUT2D eigenvalue weighted by Crippen LogP contribution is 2.26. The molecule has 0 aliphatic heterocycles. The molecule has 2 nitrogen and oxygen atoms in total. The van der Waals surface area contributed by atoms with E-state index < -0.39 is 0 Å². The maximum atomic E-state index is 4.40. The van der Waals surface area contributed by atoms with Crippen molar-refractivity contribution in [3.8, 4) is 0 Å². The molecule has 1 N–H and O–H groups in total. The second kappa shape index (κ2) is 5.33. The van der Waals surface area contributed by atoms with E-state index in [1.165, 1.54) is 11.1 Å². The third-order valence-corrected chi connectivity index (χ3v) is 3.56. The van der Waals surface area contributed by atoms with E-state index in [4.69, 9.17) is 0 Å². The number of aryl methyl sites for hydroxylation is 1. The van der Waals surface area contributed by atoms with Crippen molar-refractivity contribution in [1.82, 2.24) is 4.98 Å². The SMILES string of the molecule is Cc1cccc(C(C)Nc2cccc3ncccc23)c1. The van der Waals surface area contributed by atoms with Crippen molar-refractivity contribution in [2.24, 2.45) is 0 Å². The van der Waals surface area contributed by atoms with Gasteiger partial charge in [-0.3, -0.25) is 4.98 Å². The van der Waals surface area contributed by atoms with E-state index in [2.05, 4.69) is 60.5 Å². The highest BCUT2D eigenvalue weighted by atomic mass is 14.9. The summed E-state index contributed by atoms with van der Waals surface area (Å²) in [4.78, 5) is 4.40. The predicted molar refractivity (Wildman–Crippen MR) is 85.0 cm³/mol. The molecule has 1 heterocycles. The van der Waals surface area contributed by atoms with E-state index >= 15 is 0 Å². The summed E-state index contributed by atoms with van der Waals surface area (Å²) in [5.41, 5.74) is 4.74. The van der Waals surface area contributed by atoms with Crippen LogP contribution >= 0.6 is 0 Å². The van der Waals surface area contributed by atoms with Gasteiger partial charge in [0.2, 0.25) is 0 Å². The number of anilines is 1. The fourth-order valence-corrected chi connectivity index (χ4v) is 2.49. The molecule has 0 saturated heterocycles. The molecule has 0 aliphatic carbocycles. The number of aromatic nitrogens is 1. The van der Waals surface area contributed by atoms with E-state index in [0.29, 0.717) is 0 Å². The summed E-state index contributed by atoms with van der Waals surface area (Å²) in [5, 5.41) is 4.75. The molecule has 0 amide bonds. The number of benzene rings is 2. The van der Waals surface area contributed by atoms with Crippen molar-refractivity contribution < 1.29 is 0 Å². The molecular weight excluding hydrogens is 244 g/mol. The highest BCUT2D eigenvalue weighted by molar-refractivity contribution is 5.91. The van der Waals surface area contributed by atoms with Gasteiger partial charge in [0.05, 0.1) is 5.52 Å². The van der Waals surface area contributed by atoms with E-state index in [1.807, 2.05) is 24.4 Å². The molecule has 2 heteroatoms. The van der Waals surface area contributed by atoms with Crippen molar-refractivity contribution in [3.63, 3.8) is 0 Å². The zero-order valence-electron chi connectivity index (χ0n) is 11.8. The van der Waals surface area contributed by atoms with Gasteiger partial charge in [-0.1, -0.05) is 35.9 Å². The van der Waals surface area contributed by atoms with Crippen LogP contribution in [0.25, 0.3) is 10.9 Å². The summed E-state index contributed by atoms with van der Waals surface area (Å²) in [5.74, 6) is 0. The summed E-state index contributed by atoms with van der Waals surface area (Å²) >= 11 is 0. The number of fused-ring (bicyclic) bond motifs is 1. The van der Waals surface area contributed by atoms with Gasteiger partial charge >= 0.3 is 0 Å². The lowest BCUT2D eigenvalue weighted by Crippen LogP contribution is -2.07. The van der Waals surface area contributed by atoms with Gasteiger partial charge in [0, 0.05) is 23.3 Å². The van der Waals surface area contributed by atoms with Crippen LogP contribution in [-0.2, 0) is 0 Å². The number of rotatable bonds is 3. The maximum Gasteiger partial charge on any atom is 0.0722 e. The first kappa shape index (κ1) is 12.7. The smallest absolute Gasteiger partial charge is 0.0722 e. The average molecular weight is 262 g/mol. The Morgan fingerprint density at radius 2 is 1.85 bits per heavy atom. The fraction of sp³-hybridized carbons (Fsp3) is 0.167. The standard InChI is InChI=1S/C18H18N2/c1-13-6-3-7-15(12-13)14(2)20-18-10-4-9-17-16(18)8-5-11-19-17/h3-12,14,20H,1-2H3. The van der Waals surface area contributed by atoms with E-state index in [-0.39, 0.29) is 6.04 Å². The molecule has 20 heavy (non-hydrogen) atoms. The van der Waals surface area contributed by atoms with Gasteiger partial charge in [-0.05, 0) is 43.7 Å². The zero-order chi connectivity index (χ0) is 13.9. The lowest BCUT2D eigenvalue weighted by atomic mass is 10.0. The van der Waals surface area contributed by atoms with Crippen LogP contribution < -0.4 is 5.32 Å². The van der Waals surface area contributed by atoms with E-state index in [0.717, 1.165) is 16.6 Å². The molecule has 1 atom stereocenters. The van der Waals surface area contributed by atoms with Crippen molar-refractivity contribution >= 4 is 16.6 Å². The molecule has 100 valence electrons. The summed E-state index contributed by atoms with van der Waals surface area (Å²) in [6.45, 7) is 4.31. The Bertz CT molecular complexity index is 729. The van der Waals surface area contributed by atoms with Crippen LogP contribution in [0.4, 0.5) is 5.69 Å². The molecule has 0 fully saturated rings. The highest BCUT2D eigenvalue weighted by Gasteiger charge is 2.07. The lowest BCUT2D eigenvalue weighted by molar-refractivity contribution is 0.885. The average Bonchev–Trinajstić information content (AvgIpc) is 2.47. The van der Waals surface area contributed by atoms with Gasteiger partial charge in [0.25, 0.3) is 0 Å². The van der Waals surface area contributed by atoms with Crippen molar-refractivity contribution in [1.29, 1.82) is 0 Å². The van der Waals surface area contributed by atoms with Crippen LogP contribution in [0, 0.1) is 6.92 Å². The topological polar surface area (TPSA) is 24.9 Å². The Morgan fingerprint density at radius 1 is 1.00 bits per heavy atom. The summed E-state index contributed by atoms with van der Waals surface area (Å²) in [7, 11) is 0. The normalized spacial score (nSPS) is 12.3. The van der Waals surface area contributed by atoms with Crippen LogP contribution in [-0.4, -0.2) is 4.98 Å². The molecule has 3 rings (SSSR count). The van der Waals surface area contributed by atoms with Crippen LogP contribution in [0.1, 0.15) is 24.1 Å². The minimum atomic E-state index is 0.265. The van der Waals surface area contributed by atoms with Gasteiger partial charge in [-0.25, -0.2) is 0 Å². The van der Waals surface area contributed by atoms with E-state index in [1.54, 1.807) is 0 Å². The molecule has 2 aromatic carbocycles. The fourth-order valence-electron chi connectivity index (χ4n) is 2.49. The van der Waals surface area contributed by atoms with Crippen molar-refractivity contribution in [3.05, 3.63) is 71.9 Å². The number of nitrogens with zero attached hydrogens (tertiary/aromatic N) is 1. The quantitative estimate of drug-likeness (QED) is 0.739. The van der Waals surface area contributed by atoms with Gasteiger partial charge in [-0.2, -0.15) is 0 Å². The van der Waals surface area contributed by atoms with Crippen LogP contribution in [0.2, 0.25) is 0 Å². The molecule has 0 bridgehead atoms. The Balaban J connectivity index is 1.93. The lowest BCUT2D eigenvalue weighted by Gasteiger charge is -2.17. The van der Waals surface area contributed by atoms with Crippen LogP contribution in [0.5, 0.6) is 0 Å². The zero-order valence-corrected chi connectivity index (χ0v) is 11.8. The first-order chi connectivity index (χ1) is 9.74. The van der Waals surface area contributed by atoms with Gasteiger partial charge < -0.3 is 5.32 Å². The second-order valence-electron chi connectivity index (χ2n) is 5.16. The third kappa shape index (κ3) is 2.50. The molecule has 0 aliphatic rings. The minimum Gasteiger partial charge on any atom is -0.378 e. The number of pyridine rings is 1. The van der Waals surface area contributed by atoms with Crippen molar-refractivity contribution in [2.45, 2.75) is 19.9 Å². The summed E-state index contributed by atoms with van der Waals surface area (Å²) < 4.78 is 0. The summed E-state index contributed by atoms with van der Waals surface area (Å²) in [6.07, 6.45) is 1.83. The molecule has 0 spiro atoms. The largest absolute Gasteiger partial charge is 0.378 e. The molecule has 0 radical (unpaired) electrons. The molecule has 3 aromatic rings. The van der Waals surface area contributed by atoms with Gasteiger partial charge in [-0.15, -0.1) is 0 Å². The Labute approximate surface area is 119 Å². The van der Waals surface area contributed by atoms with Crippen molar-refractivity contribution in [2.75, 3.05) is 5.32 Å². The van der Waals surface area contributed by atoms with Crippen LogP contribution in [0.15, 0.2) is 60.8 Å². The third-order valence-electron chi connectivity index (χ3n) is 3.56. The minimum absolute atomic E-state index is 0.265. The Hall–Kier alpha value is -2.35. The Kier molecular flexibility index (Phi) is 3.38. The summed E-state index contributed by atoms with van der Waals surface area (Å²) in [6, 6.07) is 19.1. The van der Waals surface area contributed by atoms with Crippen LogP contribution in [0.3, 0.4) is 0 Å². The molecule has 0 saturated carbocycles. The number of hydrogen-bond acceptors (Lipinski definition) is 2. The number of hydrogen-bond donors (Lipinski definition) is 1. The van der Waals surface area contributed by atoms with Gasteiger partial charge in [0.1, 0.15) is 0 Å². The second-order valence-corrected chi connectivity index (χ2v) is 5.16. The maximum absolute atomic E-state index is 4.40. The monoisotopic (exact) mass is 262 g/mol.